The first-order valence-corrected chi connectivity index (χ1v) is 8.94. The van der Waals surface area contributed by atoms with E-state index in [9.17, 15) is 9.59 Å². The van der Waals surface area contributed by atoms with Gasteiger partial charge in [-0.2, -0.15) is 0 Å². The molecule has 2 aromatic rings. The van der Waals surface area contributed by atoms with Gasteiger partial charge in [-0.05, 0) is 26.3 Å². The molecule has 7 nitrogen and oxygen atoms in total. The normalized spacial score (nSPS) is 13.3. The van der Waals surface area contributed by atoms with Crippen molar-refractivity contribution in [2.75, 3.05) is 0 Å². The Morgan fingerprint density at radius 2 is 1.63 bits per heavy atom. The Labute approximate surface area is 159 Å². The summed E-state index contributed by atoms with van der Waals surface area (Å²) in [5.41, 5.74) is 1.31. The van der Waals surface area contributed by atoms with Gasteiger partial charge >= 0.3 is 12.1 Å². The molecule has 2 atom stereocenters. The summed E-state index contributed by atoms with van der Waals surface area (Å²) in [4.78, 5) is 28.5. The number of hydrogen-bond donors (Lipinski definition) is 0. The van der Waals surface area contributed by atoms with Gasteiger partial charge in [-0.3, -0.25) is 0 Å². The molecule has 1 heterocycles. The van der Waals surface area contributed by atoms with Crippen LogP contribution < -0.4 is 0 Å². The fourth-order valence-electron chi connectivity index (χ4n) is 2.44. The molecular formula is C20H26N2O5. The number of imidazole rings is 1. The SMILES string of the molecule is CC(C)OC(=O)OC(OC(=O)c1cncn1[C@H](C)c1ccccc1)C(C)C. The highest BCUT2D eigenvalue weighted by Crippen LogP contribution is 2.21. The molecule has 27 heavy (non-hydrogen) atoms. The van der Waals surface area contributed by atoms with Gasteiger partial charge in [-0.25, -0.2) is 14.6 Å². The topological polar surface area (TPSA) is 79.7 Å². The summed E-state index contributed by atoms with van der Waals surface area (Å²) in [5, 5.41) is 0. The van der Waals surface area contributed by atoms with Crippen LogP contribution in [0.2, 0.25) is 0 Å². The molecule has 0 N–H and O–H groups in total. The van der Waals surface area contributed by atoms with Gasteiger partial charge in [0.15, 0.2) is 0 Å². The molecule has 1 aromatic carbocycles. The number of carbonyl (C=O) groups excluding carboxylic acids is 2. The van der Waals surface area contributed by atoms with Crippen molar-refractivity contribution in [3.8, 4) is 0 Å². The summed E-state index contributed by atoms with van der Waals surface area (Å²) < 4.78 is 17.2. The van der Waals surface area contributed by atoms with Crippen LogP contribution in [0.5, 0.6) is 0 Å². The maximum atomic E-state index is 12.7. The predicted octanol–water partition coefficient (Wildman–Crippen LogP) is 4.19. The van der Waals surface area contributed by atoms with Crippen molar-refractivity contribution < 1.29 is 23.8 Å². The van der Waals surface area contributed by atoms with Crippen LogP contribution in [0.1, 0.15) is 56.7 Å². The smallest absolute Gasteiger partial charge is 0.431 e. The van der Waals surface area contributed by atoms with E-state index in [2.05, 4.69) is 4.98 Å². The molecule has 0 spiro atoms. The van der Waals surface area contributed by atoms with Crippen LogP contribution in [-0.2, 0) is 14.2 Å². The molecule has 0 saturated carbocycles. The molecule has 0 aliphatic heterocycles. The standard InChI is InChI=1S/C20H26N2O5/c1-13(2)19(27-20(24)25-14(3)4)26-18(23)17-11-21-12-22(17)15(5)16-9-7-6-8-10-16/h6-15,19H,1-5H3/t15-,19?/m1/s1. The number of carbonyl (C=O) groups is 2. The minimum Gasteiger partial charge on any atom is -0.431 e. The Bertz CT molecular complexity index is 755. The number of nitrogens with zero attached hydrogens (tertiary/aromatic N) is 2. The van der Waals surface area contributed by atoms with Gasteiger partial charge in [0.05, 0.1) is 24.7 Å². The Morgan fingerprint density at radius 3 is 2.22 bits per heavy atom. The molecule has 146 valence electrons. The molecule has 1 aromatic heterocycles. The Morgan fingerprint density at radius 1 is 0.963 bits per heavy atom. The van der Waals surface area contributed by atoms with Gasteiger partial charge < -0.3 is 18.8 Å². The number of hydrogen-bond acceptors (Lipinski definition) is 6. The number of aromatic nitrogens is 2. The molecule has 0 radical (unpaired) electrons. The van der Waals surface area contributed by atoms with E-state index in [1.165, 1.54) is 6.20 Å². The largest absolute Gasteiger partial charge is 0.511 e. The predicted molar refractivity (Wildman–Crippen MR) is 99.2 cm³/mol. The lowest BCUT2D eigenvalue weighted by molar-refractivity contribution is -0.118. The van der Waals surface area contributed by atoms with Gasteiger partial charge in [-0.15, -0.1) is 0 Å². The molecule has 0 amide bonds. The van der Waals surface area contributed by atoms with E-state index in [0.29, 0.717) is 0 Å². The van der Waals surface area contributed by atoms with E-state index >= 15 is 0 Å². The van der Waals surface area contributed by atoms with Crippen LogP contribution in [0, 0.1) is 5.92 Å². The highest BCUT2D eigenvalue weighted by molar-refractivity contribution is 5.87. The van der Waals surface area contributed by atoms with E-state index in [4.69, 9.17) is 14.2 Å². The molecule has 7 heteroatoms. The average molecular weight is 374 g/mol. The second-order valence-corrected chi connectivity index (χ2v) is 6.82. The number of ether oxygens (including phenoxy) is 3. The average Bonchev–Trinajstić information content (AvgIpc) is 3.10. The van der Waals surface area contributed by atoms with E-state index < -0.39 is 18.4 Å². The first-order chi connectivity index (χ1) is 12.8. The first-order valence-electron chi connectivity index (χ1n) is 8.94. The van der Waals surface area contributed by atoms with Crippen molar-refractivity contribution in [3.63, 3.8) is 0 Å². The van der Waals surface area contributed by atoms with Gasteiger partial charge in [0.1, 0.15) is 5.69 Å². The Kier molecular flexibility index (Phi) is 6.98. The highest BCUT2D eigenvalue weighted by atomic mass is 16.8. The van der Waals surface area contributed by atoms with Gasteiger partial charge in [-0.1, -0.05) is 44.2 Å². The third-order valence-electron chi connectivity index (χ3n) is 3.89. The fourth-order valence-corrected chi connectivity index (χ4v) is 2.44. The number of benzene rings is 1. The monoisotopic (exact) mass is 374 g/mol. The minimum absolute atomic E-state index is 0.111. The van der Waals surface area contributed by atoms with Gasteiger partial charge in [0, 0.05) is 5.92 Å². The maximum absolute atomic E-state index is 12.7. The lowest BCUT2D eigenvalue weighted by Gasteiger charge is -2.22. The van der Waals surface area contributed by atoms with Crippen LogP contribution in [0.25, 0.3) is 0 Å². The summed E-state index contributed by atoms with van der Waals surface area (Å²) in [6, 6.07) is 9.64. The van der Waals surface area contributed by atoms with Crippen LogP contribution in [0.4, 0.5) is 4.79 Å². The van der Waals surface area contributed by atoms with Crippen LogP contribution >= 0.6 is 0 Å². The molecule has 0 bridgehead atoms. The Balaban J connectivity index is 2.13. The molecule has 0 saturated heterocycles. The molecule has 0 aliphatic carbocycles. The van der Waals surface area contributed by atoms with E-state index in [0.717, 1.165) is 5.56 Å². The molecule has 2 rings (SSSR count). The zero-order valence-electron chi connectivity index (χ0n) is 16.3. The van der Waals surface area contributed by atoms with Crippen LogP contribution in [0.3, 0.4) is 0 Å². The Hall–Kier alpha value is -2.83. The minimum atomic E-state index is -1.06. The van der Waals surface area contributed by atoms with E-state index in [-0.39, 0.29) is 23.8 Å². The van der Waals surface area contributed by atoms with Crippen LogP contribution in [0.15, 0.2) is 42.9 Å². The number of rotatable bonds is 7. The third kappa shape index (κ3) is 5.57. The summed E-state index contributed by atoms with van der Waals surface area (Å²) in [5.74, 6) is -0.858. The van der Waals surface area contributed by atoms with Crippen molar-refractivity contribution in [2.45, 2.75) is 53.1 Å². The van der Waals surface area contributed by atoms with Crippen molar-refractivity contribution in [1.29, 1.82) is 0 Å². The first kappa shape index (κ1) is 20.5. The van der Waals surface area contributed by atoms with Crippen molar-refractivity contribution >= 4 is 12.1 Å². The van der Waals surface area contributed by atoms with Crippen molar-refractivity contribution in [2.24, 2.45) is 5.92 Å². The van der Waals surface area contributed by atoms with Crippen molar-refractivity contribution in [1.82, 2.24) is 9.55 Å². The molecular weight excluding hydrogens is 348 g/mol. The fraction of sp³-hybridized carbons (Fsp3) is 0.450. The maximum Gasteiger partial charge on any atom is 0.511 e. The van der Waals surface area contributed by atoms with Crippen LogP contribution in [-0.4, -0.2) is 34.1 Å². The molecule has 1 unspecified atom stereocenters. The van der Waals surface area contributed by atoms with Gasteiger partial charge in [0.25, 0.3) is 6.29 Å². The quantitative estimate of drug-likeness (QED) is 0.534. The summed E-state index contributed by atoms with van der Waals surface area (Å²) in [6.45, 7) is 8.95. The molecule has 0 aliphatic rings. The third-order valence-corrected chi connectivity index (χ3v) is 3.89. The van der Waals surface area contributed by atoms with Crippen molar-refractivity contribution in [3.05, 3.63) is 54.1 Å². The van der Waals surface area contributed by atoms with E-state index in [1.54, 1.807) is 38.6 Å². The second-order valence-electron chi connectivity index (χ2n) is 6.82. The highest BCUT2D eigenvalue weighted by Gasteiger charge is 2.27. The zero-order valence-corrected chi connectivity index (χ0v) is 16.3. The lowest BCUT2D eigenvalue weighted by Crippen LogP contribution is -2.31. The summed E-state index contributed by atoms with van der Waals surface area (Å²) in [6.07, 6.45) is 0.758. The number of esters is 1. The van der Waals surface area contributed by atoms with E-state index in [1.807, 2.05) is 37.3 Å². The summed E-state index contributed by atoms with van der Waals surface area (Å²) in [7, 11) is 0. The summed E-state index contributed by atoms with van der Waals surface area (Å²) >= 11 is 0. The second kappa shape index (κ2) is 9.21. The zero-order chi connectivity index (χ0) is 20.0. The molecule has 0 fully saturated rings. The lowest BCUT2D eigenvalue weighted by atomic mass is 10.1. The van der Waals surface area contributed by atoms with Gasteiger partial charge in [0.2, 0.25) is 0 Å².